The number of anilines is 1. The Hall–Kier alpha value is -1.92. The molecule has 3 aromatic rings. The fourth-order valence-corrected chi connectivity index (χ4v) is 5.92. The van der Waals surface area contributed by atoms with E-state index >= 15 is 4.39 Å². The van der Waals surface area contributed by atoms with Crippen molar-refractivity contribution < 1.29 is 14.2 Å². The third-order valence-corrected chi connectivity index (χ3v) is 7.62. The smallest absolute Gasteiger partial charge is 0.159 e. The molecule has 4 atom stereocenters. The molecule has 0 saturated carbocycles. The van der Waals surface area contributed by atoms with Crippen LogP contribution in [0.25, 0.3) is 16.7 Å². The largest absolute Gasteiger partial charge is 0.395 e. The Kier molecular flexibility index (Phi) is 8.16. The van der Waals surface area contributed by atoms with Crippen LogP contribution in [0.3, 0.4) is 0 Å². The lowest BCUT2D eigenvalue weighted by molar-refractivity contribution is 0.0988. The number of morpholine rings is 1. The van der Waals surface area contributed by atoms with Crippen LogP contribution >= 0.6 is 27.0 Å². The number of fused-ring (bicyclic) bond motifs is 3. The van der Waals surface area contributed by atoms with Crippen LogP contribution in [0.1, 0.15) is 35.7 Å². The van der Waals surface area contributed by atoms with Crippen molar-refractivity contribution in [3.05, 3.63) is 41.3 Å². The van der Waals surface area contributed by atoms with Crippen molar-refractivity contribution in [1.29, 1.82) is 0 Å². The number of hydrogen-bond donors (Lipinski definition) is 1. The van der Waals surface area contributed by atoms with Crippen LogP contribution in [0.15, 0.2) is 24.4 Å². The highest BCUT2D eigenvalue weighted by atomic mass is 32.1. The van der Waals surface area contributed by atoms with Crippen LogP contribution in [0, 0.1) is 13.8 Å². The maximum atomic E-state index is 15.2. The number of nitrogens with zero attached hydrogens (tertiary/aromatic N) is 6. The van der Waals surface area contributed by atoms with Crippen LogP contribution in [0.4, 0.5) is 10.2 Å². The third-order valence-electron chi connectivity index (χ3n) is 7.62. The highest BCUT2D eigenvalue weighted by molar-refractivity contribution is 7.59. The maximum absolute atomic E-state index is 15.2. The van der Waals surface area contributed by atoms with E-state index in [1.807, 2.05) is 28.8 Å². The standard InChI is InChI=1S/C25H31FN6O2.2H2S/c1-15-7-17-11-27-32(23(17)9-21(15)20-3-4-30(5-6-33)13-22(20)26)25-10-24(28-16(2)29-25)31-12-19-8-18(31)14-34-19;;/h7,9-11,18-20,22,33H,3-6,8,12-14H2,1-2H3;2*1H2. The van der Waals surface area contributed by atoms with Crippen LogP contribution in [-0.4, -0.2) is 87.5 Å². The number of halogens is 1. The quantitative estimate of drug-likeness (QED) is 0.539. The molecule has 0 aliphatic carbocycles. The molecule has 0 amide bonds. The summed E-state index contributed by atoms with van der Waals surface area (Å²) in [7, 11) is 0. The van der Waals surface area contributed by atoms with Gasteiger partial charge < -0.3 is 14.7 Å². The van der Waals surface area contributed by atoms with E-state index in [-0.39, 0.29) is 45.6 Å². The highest BCUT2D eigenvalue weighted by Crippen LogP contribution is 2.36. The van der Waals surface area contributed by atoms with Crippen molar-refractivity contribution in [2.75, 3.05) is 44.3 Å². The van der Waals surface area contributed by atoms with E-state index < -0.39 is 6.17 Å². The lowest BCUT2D eigenvalue weighted by atomic mass is 9.85. The van der Waals surface area contributed by atoms with Crippen molar-refractivity contribution in [2.45, 2.75) is 50.9 Å². The lowest BCUT2D eigenvalue weighted by Gasteiger charge is -2.35. The molecule has 36 heavy (non-hydrogen) atoms. The summed E-state index contributed by atoms with van der Waals surface area (Å²) < 4.78 is 22.8. The Labute approximate surface area is 224 Å². The number of aliphatic hydroxyl groups excluding tert-OH is 1. The molecule has 0 radical (unpaired) electrons. The molecule has 0 spiro atoms. The summed E-state index contributed by atoms with van der Waals surface area (Å²) in [5.74, 6) is 2.18. The number of aromatic nitrogens is 4. The number of aryl methyl sites for hydroxylation is 2. The van der Waals surface area contributed by atoms with E-state index in [9.17, 15) is 5.11 Å². The monoisotopic (exact) mass is 534 g/mol. The molecule has 2 bridgehead atoms. The third kappa shape index (κ3) is 4.83. The minimum atomic E-state index is -0.964. The number of aliphatic hydroxyl groups is 1. The molecule has 3 saturated heterocycles. The Morgan fingerprint density at radius 2 is 1.92 bits per heavy atom. The summed E-state index contributed by atoms with van der Waals surface area (Å²) in [6.07, 6.45) is 2.96. The Balaban J connectivity index is 0.00000152. The summed E-state index contributed by atoms with van der Waals surface area (Å²) in [5, 5.41) is 14.9. The van der Waals surface area contributed by atoms with Crippen molar-refractivity contribution in [1.82, 2.24) is 24.6 Å². The van der Waals surface area contributed by atoms with Crippen molar-refractivity contribution in [3.63, 3.8) is 0 Å². The fraction of sp³-hybridized carbons (Fsp3) is 0.560. The average molecular weight is 535 g/mol. The fourth-order valence-electron chi connectivity index (χ4n) is 5.92. The van der Waals surface area contributed by atoms with Gasteiger partial charge in [-0.25, -0.2) is 19.0 Å². The number of likely N-dealkylation sites (tertiary alicyclic amines) is 1. The minimum absolute atomic E-state index is 0. The molecule has 3 fully saturated rings. The lowest BCUT2D eigenvalue weighted by Crippen LogP contribution is -2.42. The molecule has 5 heterocycles. The van der Waals surface area contributed by atoms with E-state index in [4.69, 9.17) is 14.7 Å². The van der Waals surface area contributed by atoms with E-state index in [0.29, 0.717) is 25.0 Å². The number of β-amino-alcohol motifs (C(OH)–C–C–N with tert-alkyl or cyclic N) is 1. The van der Waals surface area contributed by atoms with Gasteiger partial charge in [0.15, 0.2) is 5.82 Å². The second-order valence-electron chi connectivity index (χ2n) is 9.89. The minimum Gasteiger partial charge on any atom is -0.395 e. The van der Waals surface area contributed by atoms with Gasteiger partial charge in [0.2, 0.25) is 0 Å². The molecule has 1 N–H and O–H groups in total. The van der Waals surface area contributed by atoms with Crippen LogP contribution < -0.4 is 4.90 Å². The molecule has 3 aliphatic rings. The summed E-state index contributed by atoms with van der Waals surface area (Å²) in [4.78, 5) is 13.7. The predicted octanol–water partition coefficient (Wildman–Crippen LogP) is 2.76. The molecule has 4 unspecified atom stereocenters. The van der Waals surface area contributed by atoms with Gasteiger partial charge in [-0.2, -0.15) is 32.1 Å². The normalized spacial score (nSPS) is 25.7. The predicted molar refractivity (Wildman–Crippen MR) is 148 cm³/mol. The van der Waals surface area contributed by atoms with Crippen molar-refractivity contribution >= 4 is 43.7 Å². The Bertz CT molecular complexity index is 1230. The second kappa shape index (κ2) is 10.8. The summed E-state index contributed by atoms with van der Waals surface area (Å²) >= 11 is 0. The first-order valence-electron chi connectivity index (χ1n) is 12.2. The van der Waals surface area contributed by atoms with Crippen LogP contribution in [-0.2, 0) is 4.74 Å². The highest BCUT2D eigenvalue weighted by Gasteiger charge is 2.40. The zero-order valence-corrected chi connectivity index (χ0v) is 22.7. The van der Waals surface area contributed by atoms with Crippen molar-refractivity contribution in [2.24, 2.45) is 0 Å². The Morgan fingerprint density at radius 1 is 1.11 bits per heavy atom. The molecule has 196 valence electrons. The zero-order valence-electron chi connectivity index (χ0n) is 20.7. The molecule has 6 rings (SSSR count). The molecule has 1 aromatic carbocycles. The summed E-state index contributed by atoms with van der Waals surface area (Å²) in [5.41, 5.74) is 3.05. The Morgan fingerprint density at radius 3 is 2.61 bits per heavy atom. The second-order valence-corrected chi connectivity index (χ2v) is 9.89. The molecule has 11 heteroatoms. The number of alkyl halides is 1. The van der Waals surface area contributed by atoms with E-state index in [1.165, 1.54) is 0 Å². The van der Waals surface area contributed by atoms with Gasteiger partial charge in [0.05, 0.1) is 37.1 Å². The first-order valence-corrected chi connectivity index (χ1v) is 12.2. The van der Waals surface area contributed by atoms with E-state index in [1.54, 1.807) is 0 Å². The first kappa shape index (κ1) is 27.1. The van der Waals surface area contributed by atoms with Crippen LogP contribution in [0.2, 0.25) is 0 Å². The molecule has 3 aliphatic heterocycles. The van der Waals surface area contributed by atoms with Gasteiger partial charge in [0, 0.05) is 37.0 Å². The molecular formula is C25H35FN6O2S2. The number of benzene rings is 1. The van der Waals surface area contributed by atoms with Gasteiger partial charge in [-0.15, -0.1) is 0 Å². The van der Waals surface area contributed by atoms with E-state index in [2.05, 4.69) is 29.1 Å². The SMILES string of the molecule is Cc1nc(N2CC3CC2CO3)cc(-n2ncc3cc(C)c(C4CCN(CCO)CC4F)cc32)n1.S.S. The summed E-state index contributed by atoms with van der Waals surface area (Å²) in [6, 6.07) is 6.57. The number of piperidine rings is 1. The average Bonchev–Trinajstić information content (AvgIpc) is 3.54. The van der Waals surface area contributed by atoms with E-state index in [0.717, 1.165) is 66.2 Å². The maximum Gasteiger partial charge on any atom is 0.159 e. The molecule has 8 nitrogen and oxygen atoms in total. The van der Waals surface area contributed by atoms with Crippen molar-refractivity contribution in [3.8, 4) is 5.82 Å². The van der Waals surface area contributed by atoms with Crippen LogP contribution in [0.5, 0.6) is 0 Å². The number of ether oxygens (including phenoxy) is 1. The molecular weight excluding hydrogens is 499 g/mol. The first-order chi connectivity index (χ1) is 16.5. The molecule has 2 aromatic heterocycles. The number of rotatable bonds is 5. The topological polar surface area (TPSA) is 79.5 Å². The van der Waals surface area contributed by atoms with Gasteiger partial charge in [0.25, 0.3) is 0 Å². The van der Waals surface area contributed by atoms with Gasteiger partial charge in [-0.1, -0.05) is 0 Å². The number of hydrogen-bond acceptors (Lipinski definition) is 7. The zero-order chi connectivity index (χ0) is 23.4. The van der Waals surface area contributed by atoms with Gasteiger partial charge in [-0.3, -0.25) is 4.90 Å². The van der Waals surface area contributed by atoms with Gasteiger partial charge in [0.1, 0.15) is 17.8 Å². The summed E-state index contributed by atoms with van der Waals surface area (Å²) in [6.45, 7) is 7.31. The van der Waals surface area contributed by atoms with Gasteiger partial charge in [-0.05, 0) is 56.5 Å². The van der Waals surface area contributed by atoms with Gasteiger partial charge >= 0.3 is 0 Å².